The van der Waals surface area contributed by atoms with Crippen molar-refractivity contribution in [1.29, 1.82) is 0 Å². The molecule has 3 aromatic heterocycles. The smallest absolute Gasteiger partial charge is 0.345 e. The van der Waals surface area contributed by atoms with E-state index in [2.05, 4.69) is 25.0 Å². The van der Waals surface area contributed by atoms with Crippen LogP contribution < -0.4 is 5.73 Å². The van der Waals surface area contributed by atoms with Crippen LogP contribution in [-0.2, 0) is 11.3 Å². The van der Waals surface area contributed by atoms with Gasteiger partial charge in [-0.2, -0.15) is 19.0 Å². The van der Waals surface area contributed by atoms with Gasteiger partial charge in [-0.25, -0.2) is 4.98 Å². The highest BCUT2D eigenvalue weighted by atomic mass is 19.3. The van der Waals surface area contributed by atoms with Gasteiger partial charge in [-0.1, -0.05) is 6.07 Å². The van der Waals surface area contributed by atoms with Crippen LogP contribution in [-0.4, -0.2) is 38.2 Å². The van der Waals surface area contributed by atoms with E-state index in [0.29, 0.717) is 22.2 Å². The summed E-state index contributed by atoms with van der Waals surface area (Å²) in [5.74, 6) is 0.338. The number of hydrogen-bond donors (Lipinski definition) is 2. The Labute approximate surface area is 140 Å². The zero-order valence-corrected chi connectivity index (χ0v) is 13.0. The summed E-state index contributed by atoms with van der Waals surface area (Å²) in [6.07, 6.45) is 3.36. The number of nitrogens with two attached hydrogens (primary N) is 1. The second-order valence-corrected chi connectivity index (χ2v) is 5.49. The number of aromatic amines is 1. The van der Waals surface area contributed by atoms with Gasteiger partial charge in [0.15, 0.2) is 0 Å². The Kier molecular flexibility index (Phi) is 3.77. The zero-order chi connectivity index (χ0) is 17.4. The van der Waals surface area contributed by atoms with E-state index < -0.39 is 6.61 Å². The number of benzene rings is 1. The number of aromatic nitrogens is 5. The lowest BCUT2D eigenvalue weighted by molar-refractivity contribution is -0.130. The van der Waals surface area contributed by atoms with Crippen molar-refractivity contribution >= 4 is 27.6 Å². The van der Waals surface area contributed by atoms with Crippen LogP contribution in [0.15, 0.2) is 36.7 Å². The molecule has 0 radical (unpaired) electrons. The average Bonchev–Trinajstić information content (AvgIpc) is 3.24. The maximum atomic E-state index is 12.1. The Morgan fingerprint density at radius 2 is 2.12 bits per heavy atom. The molecule has 0 bridgehead atoms. The van der Waals surface area contributed by atoms with Crippen molar-refractivity contribution in [2.24, 2.45) is 0 Å². The molecule has 7 nitrogen and oxygen atoms in total. The number of nitrogens with zero attached hydrogens (tertiary/aromatic N) is 4. The normalized spacial score (nSPS) is 11.8. The van der Waals surface area contributed by atoms with E-state index in [-0.39, 0.29) is 13.2 Å². The van der Waals surface area contributed by atoms with Gasteiger partial charge in [0.05, 0.1) is 29.7 Å². The third-order valence-corrected chi connectivity index (χ3v) is 3.91. The lowest BCUT2D eigenvalue weighted by Crippen LogP contribution is -2.09. The molecule has 0 unspecified atom stereocenters. The number of nitrogens with one attached hydrogen (secondary N) is 1. The Balaban J connectivity index is 1.76. The first-order valence-corrected chi connectivity index (χ1v) is 7.58. The van der Waals surface area contributed by atoms with E-state index in [1.807, 2.05) is 24.3 Å². The van der Waals surface area contributed by atoms with Crippen molar-refractivity contribution in [2.75, 3.05) is 12.3 Å². The van der Waals surface area contributed by atoms with Gasteiger partial charge in [-0.3, -0.25) is 9.78 Å². The van der Waals surface area contributed by atoms with E-state index in [1.165, 1.54) is 4.68 Å². The molecule has 0 amide bonds. The summed E-state index contributed by atoms with van der Waals surface area (Å²) < 4.78 is 30.0. The summed E-state index contributed by atoms with van der Waals surface area (Å²) in [7, 11) is 0. The van der Waals surface area contributed by atoms with E-state index in [4.69, 9.17) is 5.73 Å². The monoisotopic (exact) mass is 344 g/mol. The average molecular weight is 344 g/mol. The fraction of sp³-hybridized carbons (Fsp3) is 0.188. The van der Waals surface area contributed by atoms with Gasteiger partial charge < -0.3 is 10.5 Å². The highest BCUT2D eigenvalue weighted by Gasteiger charge is 2.12. The summed E-state index contributed by atoms with van der Waals surface area (Å²) in [6, 6.07) is 7.61. The fourth-order valence-corrected chi connectivity index (χ4v) is 2.76. The predicted molar refractivity (Wildman–Crippen MR) is 89.0 cm³/mol. The number of anilines is 1. The number of pyridine rings is 1. The maximum absolute atomic E-state index is 12.1. The minimum Gasteiger partial charge on any atom is -0.383 e. The molecule has 0 atom stereocenters. The summed E-state index contributed by atoms with van der Waals surface area (Å²) in [6.45, 7) is -2.73. The third kappa shape index (κ3) is 2.89. The Morgan fingerprint density at radius 3 is 2.88 bits per heavy atom. The molecule has 0 aliphatic heterocycles. The van der Waals surface area contributed by atoms with Crippen LogP contribution in [0.1, 0.15) is 0 Å². The minimum absolute atomic E-state index is 0.138. The number of nitrogen functional groups attached to an aromatic ring is 1. The topological polar surface area (TPSA) is 94.6 Å². The van der Waals surface area contributed by atoms with Gasteiger partial charge in [0.25, 0.3) is 0 Å². The number of rotatable bonds is 5. The summed E-state index contributed by atoms with van der Waals surface area (Å²) in [5.41, 5.74) is 9.23. The van der Waals surface area contributed by atoms with E-state index in [0.717, 1.165) is 16.6 Å². The summed E-state index contributed by atoms with van der Waals surface area (Å²) in [4.78, 5) is 4.44. The summed E-state index contributed by atoms with van der Waals surface area (Å²) >= 11 is 0. The van der Waals surface area contributed by atoms with Gasteiger partial charge in [0, 0.05) is 23.3 Å². The molecule has 0 aliphatic rings. The molecule has 25 heavy (non-hydrogen) atoms. The van der Waals surface area contributed by atoms with Gasteiger partial charge in [-0.15, -0.1) is 0 Å². The molecule has 0 aliphatic carbocycles. The molecule has 0 spiro atoms. The molecule has 0 fully saturated rings. The molecule has 4 rings (SSSR count). The number of hydrogen-bond acceptors (Lipinski definition) is 5. The first-order chi connectivity index (χ1) is 12.1. The molecule has 128 valence electrons. The molecule has 1 aromatic carbocycles. The highest BCUT2D eigenvalue weighted by Crippen LogP contribution is 2.29. The molecular weight excluding hydrogens is 330 g/mol. The van der Waals surface area contributed by atoms with Crippen molar-refractivity contribution in [3.63, 3.8) is 0 Å². The van der Waals surface area contributed by atoms with Crippen LogP contribution in [0.3, 0.4) is 0 Å². The van der Waals surface area contributed by atoms with Gasteiger partial charge >= 0.3 is 6.61 Å². The summed E-state index contributed by atoms with van der Waals surface area (Å²) in [5, 5.41) is 12.8. The standard InChI is InChI=1S/C16H14F2N6O/c17-16(18)25-6-5-24-8-11-14(23-24)10-2-1-9(12-3-4-20-22-12)7-13(10)21-15(11)19/h1-4,7-8,16H,5-6H2,(H2,19,21)(H,20,22). The number of alkyl halides is 2. The van der Waals surface area contributed by atoms with Crippen molar-refractivity contribution in [1.82, 2.24) is 25.0 Å². The molecule has 0 saturated carbocycles. The number of halogens is 2. The largest absolute Gasteiger partial charge is 0.383 e. The van der Waals surface area contributed by atoms with E-state index >= 15 is 0 Å². The Morgan fingerprint density at radius 1 is 1.24 bits per heavy atom. The Bertz CT molecular complexity index is 1030. The third-order valence-electron chi connectivity index (χ3n) is 3.91. The SMILES string of the molecule is Nc1nc2cc(-c3ccn[nH]3)ccc2c2nn(CCOC(F)F)cc12. The van der Waals surface area contributed by atoms with Crippen LogP contribution in [0.5, 0.6) is 0 Å². The fourth-order valence-electron chi connectivity index (χ4n) is 2.76. The number of fused-ring (bicyclic) bond motifs is 3. The first-order valence-electron chi connectivity index (χ1n) is 7.58. The number of H-pyrrole nitrogens is 1. The second kappa shape index (κ2) is 6.10. The van der Waals surface area contributed by atoms with E-state index in [1.54, 1.807) is 12.4 Å². The van der Waals surface area contributed by atoms with Crippen LogP contribution in [0.4, 0.5) is 14.6 Å². The molecule has 3 N–H and O–H groups in total. The number of ether oxygens (including phenoxy) is 1. The quantitative estimate of drug-likeness (QED) is 0.580. The first kappa shape index (κ1) is 15.5. The molecule has 0 saturated heterocycles. The molecule has 9 heteroatoms. The van der Waals surface area contributed by atoms with Gasteiger partial charge in [0.2, 0.25) is 0 Å². The maximum Gasteiger partial charge on any atom is 0.345 e. The van der Waals surface area contributed by atoms with Crippen LogP contribution in [0.2, 0.25) is 0 Å². The van der Waals surface area contributed by atoms with Crippen molar-refractivity contribution in [2.45, 2.75) is 13.2 Å². The van der Waals surface area contributed by atoms with Crippen molar-refractivity contribution < 1.29 is 13.5 Å². The molecular formula is C16H14F2N6O. The predicted octanol–water partition coefficient (Wildman–Crippen LogP) is 2.80. The lowest BCUT2D eigenvalue weighted by atomic mass is 10.1. The van der Waals surface area contributed by atoms with Crippen LogP contribution in [0, 0.1) is 0 Å². The molecule has 3 heterocycles. The minimum atomic E-state index is -2.79. The van der Waals surface area contributed by atoms with Crippen LogP contribution in [0.25, 0.3) is 33.1 Å². The van der Waals surface area contributed by atoms with Gasteiger partial charge in [0.1, 0.15) is 11.3 Å². The van der Waals surface area contributed by atoms with Crippen molar-refractivity contribution in [3.8, 4) is 11.3 Å². The highest BCUT2D eigenvalue weighted by molar-refractivity contribution is 6.08. The second-order valence-electron chi connectivity index (χ2n) is 5.49. The molecule has 4 aromatic rings. The lowest BCUT2D eigenvalue weighted by Gasteiger charge is -2.04. The Hall–Kier alpha value is -3.07. The zero-order valence-electron chi connectivity index (χ0n) is 13.0. The van der Waals surface area contributed by atoms with Gasteiger partial charge in [-0.05, 0) is 18.2 Å². The van der Waals surface area contributed by atoms with Crippen LogP contribution >= 0.6 is 0 Å². The van der Waals surface area contributed by atoms with Crippen molar-refractivity contribution in [3.05, 3.63) is 36.7 Å². The van der Waals surface area contributed by atoms with E-state index in [9.17, 15) is 8.78 Å².